The zero-order valence-electron chi connectivity index (χ0n) is 14.7. The van der Waals surface area contributed by atoms with E-state index >= 15 is 0 Å². The van der Waals surface area contributed by atoms with Crippen LogP contribution in [0.3, 0.4) is 0 Å². The molecule has 0 aromatic heterocycles. The van der Waals surface area contributed by atoms with Gasteiger partial charge in [0.15, 0.2) is 0 Å². The van der Waals surface area contributed by atoms with Crippen LogP contribution in [0.25, 0.3) is 0 Å². The monoisotopic (exact) mass is 306 g/mol. The molecule has 0 fully saturated rings. The van der Waals surface area contributed by atoms with Gasteiger partial charge >= 0.3 is 6.09 Å². The number of anilines is 1. The maximum Gasteiger partial charge on any atom is 0.412 e. The van der Waals surface area contributed by atoms with Gasteiger partial charge in [-0.05, 0) is 50.8 Å². The Hall–Kier alpha value is -1.55. The molecule has 2 N–H and O–H groups in total. The third kappa shape index (κ3) is 6.94. The predicted molar refractivity (Wildman–Crippen MR) is 92.1 cm³/mol. The van der Waals surface area contributed by atoms with Crippen molar-refractivity contribution < 1.29 is 9.53 Å². The van der Waals surface area contributed by atoms with E-state index in [1.807, 2.05) is 45.0 Å². The molecule has 1 unspecified atom stereocenters. The molecule has 0 radical (unpaired) electrons. The molecule has 1 amide bonds. The first-order valence-electron chi connectivity index (χ1n) is 8.03. The molecule has 1 atom stereocenters. The van der Waals surface area contributed by atoms with E-state index in [4.69, 9.17) is 4.74 Å². The van der Waals surface area contributed by atoms with Crippen LogP contribution in [0.5, 0.6) is 0 Å². The molecule has 0 heterocycles. The topological polar surface area (TPSA) is 50.4 Å². The minimum Gasteiger partial charge on any atom is -0.444 e. The number of carbonyl (C=O) groups excluding carboxylic acids is 1. The number of hydrogen-bond donors (Lipinski definition) is 2. The van der Waals surface area contributed by atoms with Crippen molar-refractivity contribution >= 4 is 11.8 Å². The molecule has 4 nitrogen and oxygen atoms in total. The van der Waals surface area contributed by atoms with Crippen molar-refractivity contribution in [3.63, 3.8) is 0 Å². The Kier molecular flexibility index (Phi) is 6.88. The van der Waals surface area contributed by atoms with E-state index in [2.05, 4.69) is 31.4 Å². The SMILES string of the molecule is CCC(NCc1ccc(NC(=O)OC(C)(C)C)cc1)C(C)C. The highest BCUT2D eigenvalue weighted by molar-refractivity contribution is 5.84. The van der Waals surface area contributed by atoms with Gasteiger partial charge in [-0.15, -0.1) is 0 Å². The minimum absolute atomic E-state index is 0.427. The summed E-state index contributed by atoms with van der Waals surface area (Å²) in [5.74, 6) is 0.623. The fraction of sp³-hybridized carbons (Fsp3) is 0.611. The van der Waals surface area contributed by atoms with E-state index in [-0.39, 0.29) is 0 Å². The lowest BCUT2D eigenvalue weighted by atomic mass is 10.0. The summed E-state index contributed by atoms with van der Waals surface area (Å²) in [5.41, 5.74) is 1.46. The second kappa shape index (κ2) is 8.18. The van der Waals surface area contributed by atoms with Crippen molar-refractivity contribution in [2.24, 2.45) is 5.92 Å². The van der Waals surface area contributed by atoms with E-state index in [1.165, 1.54) is 5.56 Å². The van der Waals surface area contributed by atoms with Crippen LogP contribution in [0.15, 0.2) is 24.3 Å². The minimum atomic E-state index is -0.486. The van der Waals surface area contributed by atoms with E-state index in [9.17, 15) is 4.79 Å². The maximum atomic E-state index is 11.7. The second-order valence-electron chi connectivity index (χ2n) is 6.96. The first-order chi connectivity index (χ1) is 10.2. The van der Waals surface area contributed by atoms with Crippen LogP contribution in [0.2, 0.25) is 0 Å². The number of hydrogen-bond acceptors (Lipinski definition) is 3. The average molecular weight is 306 g/mol. The standard InChI is InChI=1S/C18H30N2O2/c1-7-16(13(2)3)19-12-14-8-10-15(11-9-14)20-17(21)22-18(4,5)6/h8-11,13,16,19H,7,12H2,1-6H3,(H,20,21). The van der Waals surface area contributed by atoms with Crippen molar-refractivity contribution in [1.82, 2.24) is 5.32 Å². The normalized spacial score (nSPS) is 13.0. The van der Waals surface area contributed by atoms with Crippen LogP contribution in [0, 0.1) is 5.92 Å². The van der Waals surface area contributed by atoms with Gasteiger partial charge < -0.3 is 10.1 Å². The fourth-order valence-corrected chi connectivity index (χ4v) is 2.23. The van der Waals surface area contributed by atoms with Gasteiger partial charge in [0.1, 0.15) is 5.60 Å². The molecular weight excluding hydrogens is 276 g/mol. The highest BCUT2D eigenvalue weighted by atomic mass is 16.6. The van der Waals surface area contributed by atoms with E-state index in [0.717, 1.165) is 18.7 Å². The third-order valence-electron chi connectivity index (χ3n) is 3.41. The Bertz CT molecular complexity index is 461. The van der Waals surface area contributed by atoms with Crippen molar-refractivity contribution in [3.05, 3.63) is 29.8 Å². The molecular formula is C18H30N2O2. The Morgan fingerprint density at radius 2 is 1.77 bits per heavy atom. The summed E-state index contributed by atoms with van der Waals surface area (Å²) >= 11 is 0. The zero-order chi connectivity index (χ0) is 16.8. The largest absolute Gasteiger partial charge is 0.444 e. The number of benzene rings is 1. The lowest BCUT2D eigenvalue weighted by Gasteiger charge is -2.21. The van der Waals surface area contributed by atoms with Crippen LogP contribution >= 0.6 is 0 Å². The van der Waals surface area contributed by atoms with Crippen LogP contribution in [-0.4, -0.2) is 17.7 Å². The number of ether oxygens (including phenoxy) is 1. The second-order valence-corrected chi connectivity index (χ2v) is 6.96. The molecule has 0 saturated heterocycles. The highest BCUT2D eigenvalue weighted by Gasteiger charge is 2.16. The van der Waals surface area contributed by atoms with Gasteiger partial charge in [-0.2, -0.15) is 0 Å². The quantitative estimate of drug-likeness (QED) is 0.810. The lowest BCUT2D eigenvalue weighted by Crippen LogP contribution is -2.32. The summed E-state index contributed by atoms with van der Waals surface area (Å²) in [7, 11) is 0. The highest BCUT2D eigenvalue weighted by Crippen LogP contribution is 2.14. The predicted octanol–water partition coefficient (Wildman–Crippen LogP) is 4.56. The zero-order valence-corrected chi connectivity index (χ0v) is 14.7. The lowest BCUT2D eigenvalue weighted by molar-refractivity contribution is 0.0636. The number of carbonyl (C=O) groups is 1. The molecule has 1 rings (SSSR count). The van der Waals surface area contributed by atoms with Crippen molar-refractivity contribution in [1.29, 1.82) is 0 Å². The molecule has 0 bridgehead atoms. The number of nitrogens with one attached hydrogen (secondary N) is 2. The molecule has 0 aliphatic heterocycles. The maximum absolute atomic E-state index is 11.7. The number of amides is 1. The molecule has 0 spiro atoms. The van der Waals surface area contributed by atoms with E-state index in [0.29, 0.717) is 12.0 Å². The molecule has 0 aliphatic carbocycles. The number of rotatable bonds is 6. The molecule has 1 aromatic carbocycles. The summed E-state index contributed by atoms with van der Waals surface area (Å²) in [6, 6.07) is 8.37. The van der Waals surface area contributed by atoms with Gasteiger partial charge in [-0.3, -0.25) is 5.32 Å². The summed E-state index contributed by atoms with van der Waals surface area (Å²) in [4.78, 5) is 11.7. The van der Waals surface area contributed by atoms with E-state index in [1.54, 1.807) is 0 Å². The molecule has 1 aromatic rings. The molecule has 4 heteroatoms. The van der Waals surface area contributed by atoms with Gasteiger partial charge in [-0.25, -0.2) is 4.79 Å². The smallest absolute Gasteiger partial charge is 0.412 e. The summed E-state index contributed by atoms with van der Waals surface area (Å²) in [6.45, 7) is 13.0. The van der Waals surface area contributed by atoms with Crippen molar-refractivity contribution in [2.75, 3.05) is 5.32 Å². The van der Waals surface area contributed by atoms with Crippen LogP contribution in [-0.2, 0) is 11.3 Å². The molecule has 0 aliphatic rings. The van der Waals surface area contributed by atoms with Crippen molar-refractivity contribution in [2.45, 2.75) is 66.2 Å². The fourth-order valence-electron chi connectivity index (χ4n) is 2.23. The van der Waals surface area contributed by atoms with Gasteiger partial charge in [0, 0.05) is 18.3 Å². The molecule has 22 heavy (non-hydrogen) atoms. The van der Waals surface area contributed by atoms with E-state index < -0.39 is 11.7 Å². The van der Waals surface area contributed by atoms with Crippen LogP contribution < -0.4 is 10.6 Å². The Morgan fingerprint density at radius 3 is 2.23 bits per heavy atom. The van der Waals surface area contributed by atoms with Gasteiger partial charge in [0.2, 0.25) is 0 Å². The first kappa shape index (κ1) is 18.5. The Morgan fingerprint density at radius 1 is 1.18 bits per heavy atom. The summed E-state index contributed by atoms with van der Waals surface area (Å²) in [5, 5.41) is 6.30. The Balaban J connectivity index is 2.51. The Labute approximate surface area is 134 Å². The van der Waals surface area contributed by atoms with Crippen LogP contribution in [0.1, 0.15) is 53.5 Å². The average Bonchev–Trinajstić information content (AvgIpc) is 2.38. The summed E-state index contributed by atoms with van der Waals surface area (Å²) < 4.78 is 5.23. The molecule has 0 saturated carbocycles. The first-order valence-corrected chi connectivity index (χ1v) is 8.03. The van der Waals surface area contributed by atoms with Crippen LogP contribution in [0.4, 0.5) is 10.5 Å². The van der Waals surface area contributed by atoms with Gasteiger partial charge in [0.05, 0.1) is 0 Å². The molecule has 124 valence electrons. The van der Waals surface area contributed by atoms with Crippen molar-refractivity contribution in [3.8, 4) is 0 Å². The third-order valence-corrected chi connectivity index (χ3v) is 3.41. The van der Waals surface area contributed by atoms with Gasteiger partial charge in [-0.1, -0.05) is 32.9 Å². The summed E-state index contributed by atoms with van der Waals surface area (Å²) in [6.07, 6.45) is 0.694. The van der Waals surface area contributed by atoms with Gasteiger partial charge in [0.25, 0.3) is 0 Å².